The summed E-state index contributed by atoms with van der Waals surface area (Å²) in [7, 11) is -1.25. The first kappa shape index (κ1) is 29.0. The van der Waals surface area contributed by atoms with Crippen molar-refractivity contribution in [2.75, 3.05) is 7.11 Å². The van der Waals surface area contributed by atoms with E-state index in [1.807, 2.05) is 140 Å². The van der Waals surface area contributed by atoms with Gasteiger partial charge in [0.05, 0.1) is 24.2 Å². The van der Waals surface area contributed by atoms with Crippen LogP contribution in [0.5, 0.6) is 5.75 Å². The molecule has 1 aliphatic rings. The van der Waals surface area contributed by atoms with Gasteiger partial charge in [0.2, 0.25) is 0 Å². The zero-order chi connectivity index (χ0) is 31.5. The fourth-order valence-electron chi connectivity index (χ4n) is 6.00. The normalized spacial score (nSPS) is 13.6. The molecule has 0 saturated carbocycles. The van der Waals surface area contributed by atoms with Crippen molar-refractivity contribution < 1.29 is 13.4 Å². The van der Waals surface area contributed by atoms with Crippen molar-refractivity contribution in [1.29, 1.82) is 0 Å². The van der Waals surface area contributed by atoms with Crippen LogP contribution in [0.4, 0.5) is 8.63 Å². The smallest absolute Gasteiger partial charge is 0.497 e. The van der Waals surface area contributed by atoms with Gasteiger partial charge in [-0.25, -0.2) is 4.99 Å². The molecule has 2 heterocycles. The second kappa shape index (κ2) is 12.7. The number of nitrogens with zero attached hydrogens (tertiary/aromatic N) is 2. The highest BCUT2D eigenvalue weighted by Crippen LogP contribution is 2.45. The number of ether oxygens (including phenoxy) is 1. The second-order valence-corrected chi connectivity index (χ2v) is 10.9. The minimum absolute atomic E-state index is 0.396. The van der Waals surface area contributed by atoms with Crippen molar-refractivity contribution in [3.63, 3.8) is 0 Å². The van der Waals surface area contributed by atoms with Crippen molar-refractivity contribution in [3.05, 3.63) is 186 Å². The summed E-state index contributed by atoms with van der Waals surface area (Å²) in [5, 5.41) is 0. The summed E-state index contributed by atoms with van der Waals surface area (Å²) in [6, 6.07) is 48.5. The van der Waals surface area contributed by atoms with Crippen molar-refractivity contribution in [1.82, 2.24) is 4.48 Å². The van der Waals surface area contributed by atoms with Gasteiger partial charge in [-0.05, 0) is 58.7 Å². The van der Waals surface area contributed by atoms with E-state index < -0.39 is 7.40 Å². The van der Waals surface area contributed by atoms with Crippen molar-refractivity contribution in [2.45, 2.75) is 0 Å². The Morgan fingerprint density at radius 1 is 0.630 bits per heavy atom. The molecule has 0 radical (unpaired) electrons. The minimum Gasteiger partial charge on any atom is -0.497 e. The van der Waals surface area contributed by atoms with Crippen LogP contribution in [-0.2, 0) is 0 Å². The second-order valence-electron chi connectivity index (χ2n) is 10.9. The summed E-state index contributed by atoms with van der Waals surface area (Å²) in [6.07, 6.45) is 2.06. The first-order chi connectivity index (χ1) is 22.6. The molecular weight excluding hydrogens is 573 g/mol. The van der Waals surface area contributed by atoms with E-state index in [-0.39, 0.29) is 0 Å². The predicted octanol–water partition coefficient (Wildman–Crippen LogP) is 9.95. The number of hydrogen-bond donors (Lipinski definition) is 0. The van der Waals surface area contributed by atoms with Crippen LogP contribution in [0.1, 0.15) is 22.4 Å². The number of halogens is 2. The van der Waals surface area contributed by atoms with Crippen LogP contribution in [0, 0.1) is 0 Å². The molecule has 0 bridgehead atoms. The summed E-state index contributed by atoms with van der Waals surface area (Å²) in [5.74, 6) is 0.654. The monoisotopic (exact) mass is 602 g/mol. The Morgan fingerprint density at radius 2 is 1.17 bits per heavy atom. The maximum Gasteiger partial charge on any atom is 0.678 e. The van der Waals surface area contributed by atoms with E-state index in [2.05, 4.69) is 6.08 Å². The lowest BCUT2D eigenvalue weighted by Crippen LogP contribution is -2.18. The maximum atomic E-state index is 15.6. The van der Waals surface area contributed by atoms with Gasteiger partial charge >= 0.3 is 7.40 Å². The molecule has 0 N–H and O–H groups in total. The largest absolute Gasteiger partial charge is 0.678 e. The topological polar surface area (TPSA) is 26.5 Å². The summed E-state index contributed by atoms with van der Waals surface area (Å²) in [5.41, 5.74) is 8.55. The van der Waals surface area contributed by atoms with Gasteiger partial charge in [-0.2, -0.15) is 0 Å². The van der Waals surface area contributed by atoms with E-state index in [9.17, 15) is 0 Å². The van der Waals surface area contributed by atoms with Crippen LogP contribution >= 0.6 is 0 Å². The molecule has 46 heavy (non-hydrogen) atoms. The van der Waals surface area contributed by atoms with Gasteiger partial charge in [0, 0.05) is 28.0 Å². The number of rotatable bonds is 8. The van der Waals surface area contributed by atoms with E-state index >= 15 is 8.63 Å². The van der Waals surface area contributed by atoms with Gasteiger partial charge in [-0.15, -0.1) is 0 Å². The molecule has 0 atom stereocenters. The van der Waals surface area contributed by atoms with Crippen LogP contribution < -0.4 is 4.74 Å². The van der Waals surface area contributed by atoms with Crippen LogP contribution in [0.25, 0.3) is 33.5 Å². The third-order valence-corrected chi connectivity index (χ3v) is 8.16. The third kappa shape index (κ3) is 5.50. The SMILES string of the molecule is COc1ccc(-c2cc(-c3ccccc3)c(/C(=C3\N=C(c4ccccc4)C=C3c3ccccc3)c3ccccc3)n2B(F)F)cc1. The van der Waals surface area contributed by atoms with E-state index in [1.165, 1.54) is 0 Å². The Balaban J connectivity index is 1.61. The average Bonchev–Trinajstić information content (AvgIpc) is 3.74. The number of aromatic nitrogens is 1. The lowest BCUT2D eigenvalue weighted by atomic mass is 9.90. The quantitative estimate of drug-likeness (QED) is 0.159. The minimum atomic E-state index is -2.84. The molecule has 1 aliphatic heterocycles. The summed E-state index contributed by atoms with van der Waals surface area (Å²) >= 11 is 0. The van der Waals surface area contributed by atoms with Gasteiger partial charge in [0.1, 0.15) is 5.75 Å². The molecule has 0 aliphatic carbocycles. The van der Waals surface area contributed by atoms with Crippen molar-refractivity contribution >= 4 is 24.3 Å². The van der Waals surface area contributed by atoms with Crippen LogP contribution in [0.3, 0.4) is 0 Å². The Labute approximate surface area is 267 Å². The molecule has 3 nitrogen and oxygen atoms in total. The average molecular weight is 602 g/mol. The molecule has 1 aromatic heterocycles. The Morgan fingerprint density at radius 3 is 1.74 bits per heavy atom. The van der Waals surface area contributed by atoms with E-state index in [0.29, 0.717) is 39.5 Å². The lowest BCUT2D eigenvalue weighted by Gasteiger charge is -2.19. The zero-order valence-electron chi connectivity index (χ0n) is 25.1. The number of hydrogen-bond acceptors (Lipinski definition) is 2. The highest BCUT2D eigenvalue weighted by atomic mass is 19.2. The standard InChI is InChI=1S/C40H29BF2N2O/c1-46-33-24-22-31(23-25-33)37-27-35(29-16-8-3-9-17-29)40(45(37)41(42)43)38(32-20-12-5-13-21-32)39-34(28-14-6-2-7-15-28)26-36(44-39)30-18-10-4-11-19-30/h2-27H,1H3/b39-38-. The van der Waals surface area contributed by atoms with Gasteiger partial charge < -0.3 is 9.21 Å². The molecule has 0 fully saturated rings. The molecule has 5 aromatic carbocycles. The summed E-state index contributed by atoms with van der Waals surface area (Å²) in [6.45, 7) is 0. The number of benzene rings is 5. The fourth-order valence-corrected chi connectivity index (χ4v) is 6.00. The van der Waals surface area contributed by atoms with Gasteiger partial charge in [-0.3, -0.25) is 8.63 Å². The molecule has 7 rings (SSSR count). The highest BCUT2D eigenvalue weighted by Gasteiger charge is 2.33. The third-order valence-electron chi connectivity index (χ3n) is 8.16. The van der Waals surface area contributed by atoms with Crippen molar-refractivity contribution in [2.24, 2.45) is 4.99 Å². The molecule has 0 spiro atoms. The van der Waals surface area contributed by atoms with Crippen LogP contribution in [0.15, 0.2) is 168 Å². The highest BCUT2D eigenvalue weighted by molar-refractivity contribution is 6.42. The maximum absolute atomic E-state index is 15.6. The van der Waals surface area contributed by atoms with E-state index in [1.54, 1.807) is 19.2 Å². The Bertz CT molecular complexity index is 2070. The molecule has 0 amide bonds. The fraction of sp³-hybridized carbons (Fsp3) is 0.0250. The summed E-state index contributed by atoms with van der Waals surface area (Å²) < 4.78 is 37.8. The van der Waals surface area contributed by atoms with Gasteiger partial charge in [0.25, 0.3) is 0 Å². The van der Waals surface area contributed by atoms with Crippen LogP contribution in [-0.4, -0.2) is 24.7 Å². The summed E-state index contributed by atoms with van der Waals surface area (Å²) in [4.78, 5) is 5.24. The molecule has 222 valence electrons. The molecule has 6 aromatic rings. The Hall–Kier alpha value is -5.75. The molecular formula is C40H29BF2N2O. The molecule has 0 unspecified atom stereocenters. The predicted molar refractivity (Wildman–Crippen MR) is 185 cm³/mol. The van der Waals surface area contributed by atoms with E-state index in [4.69, 9.17) is 9.73 Å². The number of allylic oxidation sites excluding steroid dienone is 2. The number of methoxy groups -OCH3 is 1. The van der Waals surface area contributed by atoms with Gasteiger partial charge in [0.15, 0.2) is 0 Å². The number of aliphatic imine (C=N–C) groups is 1. The first-order valence-corrected chi connectivity index (χ1v) is 15.1. The van der Waals surface area contributed by atoms with Crippen LogP contribution in [0.2, 0.25) is 0 Å². The Kier molecular flexibility index (Phi) is 8.00. The first-order valence-electron chi connectivity index (χ1n) is 15.1. The van der Waals surface area contributed by atoms with Crippen molar-refractivity contribution in [3.8, 4) is 28.1 Å². The zero-order valence-corrected chi connectivity index (χ0v) is 25.1. The molecule has 6 heteroatoms. The lowest BCUT2D eigenvalue weighted by molar-refractivity contribution is 0.415. The van der Waals surface area contributed by atoms with E-state index in [0.717, 1.165) is 38.0 Å². The molecule has 0 saturated heterocycles. The van der Waals surface area contributed by atoms with Gasteiger partial charge in [-0.1, -0.05) is 121 Å².